The standard InChI is InChI=1S/C12H19N3O4/c1-5-19-12(17)11-10(8(2)14-15(11)3)13-9(16)6-7-18-4/h5-7H2,1-4H3,(H,13,16). The molecule has 1 aromatic rings. The monoisotopic (exact) mass is 269 g/mol. The highest BCUT2D eigenvalue weighted by Gasteiger charge is 2.22. The smallest absolute Gasteiger partial charge is 0.358 e. The van der Waals surface area contributed by atoms with Gasteiger partial charge >= 0.3 is 5.97 Å². The van der Waals surface area contributed by atoms with Crippen LogP contribution in [0.25, 0.3) is 0 Å². The molecule has 1 amide bonds. The summed E-state index contributed by atoms with van der Waals surface area (Å²) in [6.07, 6.45) is 0.215. The second-order valence-corrected chi connectivity index (χ2v) is 3.94. The highest BCUT2D eigenvalue weighted by atomic mass is 16.5. The van der Waals surface area contributed by atoms with E-state index in [1.54, 1.807) is 20.9 Å². The molecule has 0 bridgehead atoms. The van der Waals surface area contributed by atoms with Crippen LogP contribution in [0.1, 0.15) is 29.5 Å². The van der Waals surface area contributed by atoms with Gasteiger partial charge in [0.25, 0.3) is 0 Å². The van der Waals surface area contributed by atoms with Crippen LogP contribution >= 0.6 is 0 Å². The first-order valence-electron chi connectivity index (χ1n) is 6.00. The molecule has 0 aliphatic rings. The van der Waals surface area contributed by atoms with Gasteiger partial charge in [0.05, 0.1) is 31.0 Å². The molecule has 0 unspecified atom stereocenters. The molecular formula is C12H19N3O4. The molecule has 0 saturated heterocycles. The summed E-state index contributed by atoms with van der Waals surface area (Å²) in [5.74, 6) is -0.740. The number of nitrogens with zero attached hydrogens (tertiary/aromatic N) is 2. The maximum absolute atomic E-state index is 11.8. The quantitative estimate of drug-likeness (QED) is 0.775. The van der Waals surface area contributed by atoms with E-state index < -0.39 is 5.97 Å². The molecule has 1 heterocycles. The molecule has 0 radical (unpaired) electrons. The molecule has 0 spiro atoms. The number of aryl methyl sites for hydroxylation is 2. The predicted octanol–water partition coefficient (Wildman–Crippen LogP) is 0.880. The molecule has 0 fully saturated rings. The Hall–Kier alpha value is -1.89. The number of amides is 1. The zero-order chi connectivity index (χ0) is 14.4. The number of anilines is 1. The summed E-state index contributed by atoms with van der Waals surface area (Å²) in [5.41, 5.74) is 1.20. The average Bonchev–Trinajstić information content (AvgIpc) is 2.62. The Kier molecular flexibility index (Phi) is 5.50. The second kappa shape index (κ2) is 6.89. The van der Waals surface area contributed by atoms with Crippen molar-refractivity contribution < 1.29 is 19.1 Å². The van der Waals surface area contributed by atoms with Gasteiger partial charge in [-0.05, 0) is 13.8 Å². The van der Waals surface area contributed by atoms with E-state index in [1.165, 1.54) is 11.8 Å². The van der Waals surface area contributed by atoms with Crippen LogP contribution < -0.4 is 5.32 Å². The van der Waals surface area contributed by atoms with Crippen molar-refractivity contribution >= 4 is 17.6 Å². The van der Waals surface area contributed by atoms with Crippen molar-refractivity contribution in [3.05, 3.63) is 11.4 Å². The third kappa shape index (κ3) is 3.78. The van der Waals surface area contributed by atoms with Crippen molar-refractivity contribution in [2.45, 2.75) is 20.3 Å². The Balaban J connectivity index is 2.93. The number of carbonyl (C=O) groups excluding carboxylic acids is 2. The van der Waals surface area contributed by atoms with E-state index in [0.717, 1.165) is 0 Å². The molecule has 7 nitrogen and oxygen atoms in total. The number of rotatable bonds is 6. The van der Waals surface area contributed by atoms with Crippen LogP contribution in [0.4, 0.5) is 5.69 Å². The molecule has 1 N–H and O–H groups in total. The van der Waals surface area contributed by atoms with Gasteiger partial charge in [0, 0.05) is 14.2 Å². The molecule has 19 heavy (non-hydrogen) atoms. The first-order valence-corrected chi connectivity index (χ1v) is 6.00. The number of hydrogen-bond acceptors (Lipinski definition) is 5. The van der Waals surface area contributed by atoms with Gasteiger partial charge < -0.3 is 14.8 Å². The number of hydrogen-bond donors (Lipinski definition) is 1. The number of aromatic nitrogens is 2. The van der Waals surface area contributed by atoms with Crippen molar-refractivity contribution in [3.63, 3.8) is 0 Å². The van der Waals surface area contributed by atoms with Gasteiger partial charge in [-0.2, -0.15) is 5.10 Å². The fourth-order valence-electron chi connectivity index (χ4n) is 1.64. The zero-order valence-corrected chi connectivity index (χ0v) is 11.6. The largest absolute Gasteiger partial charge is 0.461 e. The second-order valence-electron chi connectivity index (χ2n) is 3.94. The van der Waals surface area contributed by atoms with Crippen molar-refractivity contribution in [1.82, 2.24) is 9.78 Å². The van der Waals surface area contributed by atoms with E-state index in [2.05, 4.69) is 10.4 Å². The Morgan fingerprint density at radius 2 is 2.11 bits per heavy atom. The molecule has 106 valence electrons. The maximum Gasteiger partial charge on any atom is 0.358 e. The van der Waals surface area contributed by atoms with Gasteiger partial charge in [0.15, 0.2) is 5.69 Å². The number of esters is 1. The van der Waals surface area contributed by atoms with E-state index >= 15 is 0 Å². The van der Waals surface area contributed by atoms with Crippen LogP contribution in [0.5, 0.6) is 0 Å². The SMILES string of the molecule is CCOC(=O)c1c(NC(=O)CCOC)c(C)nn1C. The van der Waals surface area contributed by atoms with Crippen LogP contribution in [0.3, 0.4) is 0 Å². The highest BCUT2D eigenvalue weighted by Crippen LogP contribution is 2.20. The van der Waals surface area contributed by atoms with Crippen molar-refractivity contribution in [2.24, 2.45) is 7.05 Å². The van der Waals surface area contributed by atoms with Crippen molar-refractivity contribution in [2.75, 3.05) is 25.6 Å². The fourth-order valence-corrected chi connectivity index (χ4v) is 1.64. The lowest BCUT2D eigenvalue weighted by Gasteiger charge is -2.07. The first-order chi connectivity index (χ1) is 9.01. The lowest BCUT2D eigenvalue weighted by molar-refractivity contribution is -0.117. The predicted molar refractivity (Wildman–Crippen MR) is 69.0 cm³/mol. The third-order valence-corrected chi connectivity index (χ3v) is 2.49. The van der Waals surface area contributed by atoms with Gasteiger partial charge in [-0.3, -0.25) is 9.48 Å². The minimum atomic E-state index is -0.507. The highest BCUT2D eigenvalue weighted by molar-refractivity contribution is 6.00. The molecule has 7 heteroatoms. The minimum Gasteiger partial charge on any atom is -0.461 e. The van der Waals surface area contributed by atoms with E-state index in [0.29, 0.717) is 18.0 Å². The summed E-state index contributed by atoms with van der Waals surface area (Å²) in [6.45, 7) is 4.02. The van der Waals surface area contributed by atoms with Crippen LogP contribution in [-0.4, -0.2) is 42.0 Å². The van der Waals surface area contributed by atoms with E-state index in [1.807, 2.05) is 0 Å². The van der Waals surface area contributed by atoms with Crippen LogP contribution in [0, 0.1) is 6.92 Å². The molecule has 0 aromatic carbocycles. The van der Waals surface area contributed by atoms with Gasteiger partial charge in [0.1, 0.15) is 0 Å². The average molecular weight is 269 g/mol. The van der Waals surface area contributed by atoms with Gasteiger partial charge in [0.2, 0.25) is 5.91 Å². The zero-order valence-electron chi connectivity index (χ0n) is 11.6. The summed E-state index contributed by atoms with van der Waals surface area (Å²) in [5, 5.41) is 6.79. The Morgan fingerprint density at radius 3 is 2.68 bits per heavy atom. The van der Waals surface area contributed by atoms with E-state index in [9.17, 15) is 9.59 Å². The summed E-state index contributed by atoms with van der Waals surface area (Å²) >= 11 is 0. The van der Waals surface area contributed by atoms with Gasteiger partial charge in [-0.15, -0.1) is 0 Å². The molecule has 0 atom stereocenters. The molecule has 0 saturated carbocycles. The van der Waals surface area contributed by atoms with Crippen LogP contribution in [-0.2, 0) is 21.3 Å². The summed E-state index contributed by atoms with van der Waals surface area (Å²) < 4.78 is 11.2. The number of nitrogens with one attached hydrogen (secondary N) is 1. The summed E-state index contributed by atoms with van der Waals surface area (Å²) in [7, 11) is 3.15. The molecule has 0 aliphatic carbocycles. The maximum atomic E-state index is 11.8. The molecule has 1 aromatic heterocycles. The molecule has 1 rings (SSSR count). The topological polar surface area (TPSA) is 82.4 Å². The summed E-state index contributed by atoms with van der Waals surface area (Å²) in [6, 6.07) is 0. The number of carbonyl (C=O) groups is 2. The Morgan fingerprint density at radius 1 is 1.42 bits per heavy atom. The van der Waals surface area contributed by atoms with Crippen LogP contribution in [0.15, 0.2) is 0 Å². The van der Waals surface area contributed by atoms with Crippen molar-refractivity contribution in [3.8, 4) is 0 Å². The third-order valence-electron chi connectivity index (χ3n) is 2.49. The number of ether oxygens (including phenoxy) is 2. The fraction of sp³-hybridized carbons (Fsp3) is 0.583. The lowest BCUT2D eigenvalue weighted by atomic mass is 10.2. The lowest BCUT2D eigenvalue weighted by Crippen LogP contribution is -2.18. The minimum absolute atomic E-state index is 0.215. The van der Waals surface area contributed by atoms with Crippen molar-refractivity contribution in [1.29, 1.82) is 0 Å². The number of methoxy groups -OCH3 is 1. The first kappa shape index (κ1) is 15.2. The van der Waals surface area contributed by atoms with E-state index in [4.69, 9.17) is 9.47 Å². The van der Waals surface area contributed by atoms with Crippen LogP contribution in [0.2, 0.25) is 0 Å². The molecule has 0 aliphatic heterocycles. The Bertz CT molecular complexity index is 468. The normalized spacial score (nSPS) is 10.3. The van der Waals surface area contributed by atoms with Gasteiger partial charge in [-0.1, -0.05) is 0 Å². The Labute approximate surface area is 111 Å². The van der Waals surface area contributed by atoms with E-state index in [-0.39, 0.29) is 24.6 Å². The summed E-state index contributed by atoms with van der Waals surface area (Å²) in [4.78, 5) is 23.5. The van der Waals surface area contributed by atoms with Gasteiger partial charge in [-0.25, -0.2) is 4.79 Å². The molecular weight excluding hydrogens is 250 g/mol.